The van der Waals surface area contributed by atoms with E-state index in [1.807, 2.05) is 0 Å². The van der Waals surface area contributed by atoms with Crippen molar-refractivity contribution in [2.24, 2.45) is 11.7 Å². The highest BCUT2D eigenvalue weighted by Gasteiger charge is 2.35. The third-order valence-electron chi connectivity index (χ3n) is 4.08. The number of hydrogen-bond acceptors (Lipinski definition) is 2. The van der Waals surface area contributed by atoms with Crippen molar-refractivity contribution in [3.63, 3.8) is 0 Å². The van der Waals surface area contributed by atoms with Gasteiger partial charge in [0.05, 0.1) is 12.1 Å². The van der Waals surface area contributed by atoms with Crippen molar-refractivity contribution in [2.45, 2.75) is 44.2 Å². The van der Waals surface area contributed by atoms with Gasteiger partial charge in [-0.2, -0.15) is 0 Å². The molecule has 0 unspecified atom stereocenters. The van der Waals surface area contributed by atoms with Gasteiger partial charge in [-0.3, -0.25) is 0 Å². The number of benzene rings is 1. The first-order chi connectivity index (χ1) is 9.86. The van der Waals surface area contributed by atoms with E-state index >= 15 is 0 Å². The highest BCUT2D eigenvalue weighted by Crippen LogP contribution is 2.34. The molecular formula is C14H17ClF5NO. The standard InChI is InChI=1S/C14H16F5NO.ClH/c15-8-7(9(16)11(18)12(19)10(8)17)13(20)14(21)6-4-2-1-3-5-6;/h6,13-14,21H,1-5,20H2;1H/t13-,14+;/m0./s1. The summed E-state index contributed by atoms with van der Waals surface area (Å²) in [6.45, 7) is 0. The fraction of sp³-hybridized carbons (Fsp3) is 0.571. The molecule has 2 atom stereocenters. The lowest BCUT2D eigenvalue weighted by molar-refractivity contribution is 0.0590. The first kappa shape index (κ1) is 19.1. The van der Waals surface area contributed by atoms with Gasteiger partial charge in [-0.15, -0.1) is 12.4 Å². The van der Waals surface area contributed by atoms with Crippen LogP contribution in [-0.4, -0.2) is 11.2 Å². The molecule has 0 saturated heterocycles. The number of aliphatic hydroxyl groups is 1. The van der Waals surface area contributed by atoms with Crippen molar-refractivity contribution >= 4 is 12.4 Å². The average Bonchev–Trinajstić information content (AvgIpc) is 2.51. The first-order valence-corrected chi connectivity index (χ1v) is 6.81. The van der Waals surface area contributed by atoms with Crippen LogP contribution in [-0.2, 0) is 0 Å². The van der Waals surface area contributed by atoms with Gasteiger partial charge in [0.25, 0.3) is 0 Å². The Hall–Kier alpha value is -0.920. The molecule has 2 nitrogen and oxygen atoms in total. The zero-order valence-corrected chi connectivity index (χ0v) is 12.4. The summed E-state index contributed by atoms with van der Waals surface area (Å²) in [5.41, 5.74) is 4.42. The zero-order valence-electron chi connectivity index (χ0n) is 11.6. The SMILES string of the molecule is Cl.N[C@@H](c1c(F)c(F)c(F)c(F)c1F)[C@H](O)C1CCCCC1. The second-order valence-corrected chi connectivity index (χ2v) is 5.40. The van der Waals surface area contributed by atoms with Crippen molar-refractivity contribution in [3.05, 3.63) is 34.6 Å². The van der Waals surface area contributed by atoms with Gasteiger partial charge >= 0.3 is 0 Å². The number of aliphatic hydroxyl groups excluding tert-OH is 1. The molecule has 1 saturated carbocycles. The molecule has 0 aromatic heterocycles. The van der Waals surface area contributed by atoms with Crippen LogP contribution in [0.1, 0.15) is 43.7 Å². The highest BCUT2D eigenvalue weighted by atomic mass is 35.5. The molecule has 0 heterocycles. The molecule has 22 heavy (non-hydrogen) atoms. The van der Waals surface area contributed by atoms with E-state index in [1.54, 1.807) is 0 Å². The maximum absolute atomic E-state index is 13.7. The highest BCUT2D eigenvalue weighted by molar-refractivity contribution is 5.85. The first-order valence-electron chi connectivity index (χ1n) is 6.81. The van der Waals surface area contributed by atoms with Crippen LogP contribution in [0.2, 0.25) is 0 Å². The van der Waals surface area contributed by atoms with E-state index in [0.717, 1.165) is 19.3 Å². The van der Waals surface area contributed by atoms with E-state index < -0.39 is 46.8 Å². The summed E-state index contributed by atoms with van der Waals surface area (Å²) in [4.78, 5) is 0. The van der Waals surface area contributed by atoms with Crippen LogP contribution in [0.3, 0.4) is 0 Å². The van der Waals surface area contributed by atoms with Crippen LogP contribution >= 0.6 is 12.4 Å². The molecule has 0 radical (unpaired) electrons. The van der Waals surface area contributed by atoms with E-state index in [0.29, 0.717) is 12.8 Å². The van der Waals surface area contributed by atoms with Crippen molar-refractivity contribution in [1.82, 2.24) is 0 Å². The van der Waals surface area contributed by atoms with Crippen LogP contribution < -0.4 is 5.73 Å². The molecule has 1 aromatic rings. The number of hydrogen-bond donors (Lipinski definition) is 2. The van der Waals surface area contributed by atoms with Gasteiger partial charge in [-0.1, -0.05) is 19.3 Å². The fourth-order valence-electron chi connectivity index (χ4n) is 2.85. The Kier molecular flexibility index (Phi) is 6.58. The zero-order chi connectivity index (χ0) is 15.7. The summed E-state index contributed by atoms with van der Waals surface area (Å²) in [6.07, 6.45) is 2.55. The molecule has 1 aliphatic rings. The summed E-state index contributed by atoms with van der Waals surface area (Å²) in [5, 5.41) is 10.1. The monoisotopic (exact) mass is 345 g/mol. The summed E-state index contributed by atoms with van der Waals surface area (Å²) in [6, 6.07) is -1.65. The molecule has 0 bridgehead atoms. The molecule has 1 fully saturated rings. The lowest BCUT2D eigenvalue weighted by Gasteiger charge is -2.30. The van der Waals surface area contributed by atoms with Crippen molar-refractivity contribution in [1.29, 1.82) is 0 Å². The lowest BCUT2D eigenvalue weighted by Crippen LogP contribution is -2.36. The molecule has 0 amide bonds. The van der Waals surface area contributed by atoms with Gasteiger partial charge in [0.2, 0.25) is 5.82 Å². The Morgan fingerprint density at radius 2 is 1.23 bits per heavy atom. The quantitative estimate of drug-likeness (QED) is 0.498. The Balaban J connectivity index is 0.00000242. The molecule has 126 valence electrons. The molecule has 2 rings (SSSR count). The summed E-state index contributed by atoms with van der Waals surface area (Å²) < 4.78 is 66.7. The van der Waals surface area contributed by atoms with E-state index in [1.165, 1.54) is 0 Å². The van der Waals surface area contributed by atoms with E-state index in [4.69, 9.17) is 5.73 Å². The van der Waals surface area contributed by atoms with E-state index in [-0.39, 0.29) is 18.3 Å². The minimum atomic E-state index is -2.23. The Bertz CT molecular complexity index is 507. The minimum absolute atomic E-state index is 0. The smallest absolute Gasteiger partial charge is 0.200 e. The summed E-state index contributed by atoms with van der Waals surface area (Å²) >= 11 is 0. The van der Waals surface area contributed by atoms with Crippen molar-refractivity contribution in [3.8, 4) is 0 Å². The van der Waals surface area contributed by atoms with Crippen LogP contribution in [0.5, 0.6) is 0 Å². The topological polar surface area (TPSA) is 46.2 Å². The van der Waals surface area contributed by atoms with Crippen LogP contribution in [0, 0.1) is 35.0 Å². The second-order valence-electron chi connectivity index (χ2n) is 5.40. The van der Waals surface area contributed by atoms with E-state index in [9.17, 15) is 27.1 Å². The second kappa shape index (κ2) is 7.57. The Labute approximate surface area is 130 Å². The molecule has 1 aliphatic carbocycles. The molecule has 0 aliphatic heterocycles. The van der Waals surface area contributed by atoms with Crippen LogP contribution in [0.4, 0.5) is 22.0 Å². The summed E-state index contributed by atoms with van der Waals surface area (Å²) in [7, 11) is 0. The third-order valence-corrected chi connectivity index (χ3v) is 4.08. The van der Waals surface area contributed by atoms with Gasteiger partial charge in [0.15, 0.2) is 23.3 Å². The molecule has 3 N–H and O–H groups in total. The van der Waals surface area contributed by atoms with Gasteiger partial charge in [-0.05, 0) is 18.8 Å². The summed E-state index contributed by atoms with van der Waals surface area (Å²) in [5.74, 6) is -10.6. The van der Waals surface area contributed by atoms with Gasteiger partial charge in [-0.25, -0.2) is 22.0 Å². The predicted molar refractivity (Wildman–Crippen MR) is 73.0 cm³/mol. The average molecular weight is 346 g/mol. The van der Waals surface area contributed by atoms with Gasteiger partial charge < -0.3 is 10.8 Å². The van der Waals surface area contributed by atoms with Gasteiger partial charge in [0.1, 0.15) is 0 Å². The lowest BCUT2D eigenvalue weighted by atomic mass is 9.81. The number of halogens is 6. The maximum atomic E-state index is 13.7. The fourth-order valence-corrected chi connectivity index (χ4v) is 2.85. The molecular weight excluding hydrogens is 329 g/mol. The van der Waals surface area contributed by atoms with Crippen molar-refractivity contribution < 1.29 is 27.1 Å². The normalized spacial score (nSPS) is 18.7. The van der Waals surface area contributed by atoms with Crippen LogP contribution in [0.25, 0.3) is 0 Å². The van der Waals surface area contributed by atoms with Crippen LogP contribution in [0.15, 0.2) is 0 Å². The predicted octanol–water partition coefficient (Wildman–Crippen LogP) is 3.74. The maximum Gasteiger partial charge on any atom is 0.200 e. The molecule has 0 spiro atoms. The molecule has 8 heteroatoms. The number of nitrogens with two attached hydrogens (primary N) is 1. The molecule has 1 aromatic carbocycles. The number of rotatable bonds is 3. The Morgan fingerprint density at radius 1 is 0.818 bits per heavy atom. The minimum Gasteiger partial charge on any atom is -0.391 e. The Morgan fingerprint density at radius 3 is 1.68 bits per heavy atom. The van der Waals surface area contributed by atoms with Crippen molar-refractivity contribution in [2.75, 3.05) is 0 Å². The largest absolute Gasteiger partial charge is 0.391 e. The third kappa shape index (κ3) is 3.36. The van der Waals surface area contributed by atoms with Gasteiger partial charge in [0, 0.05) is 5.56 Å². The van der Waals surface area contributed by atoms with E-state index in [2.05, 4.69) is 0 Å².